The van der Waals surface area contributed by atoms with Crippen molar-refractivity contribution in [1.29, 1.82) is 0 Å². The zero-order valence-electron chi connectivity index (χ0n) is 13.8. The molecule has 1 saturated heterocycles. The Morgan fingerprint density at radius 1 is 1.22 bits per heavy atom. The highest BCUT2D eigenvalue weighted by atomic mass is 16.5. The van der Waals surface area contributed by atoms with Crippen LogP contribution < -0.4 is 20.9 Å². The van der Waals surface area contributed by atoms with E-state index in [4.69, 9.17) is 9.15 Å². The quantitative estimate of drug-likeness (QED) is 0.684. The van der Waals surface area contributed by atoms with Crippen molar-refractivity contribution in [2.45, 2.75) is 19.4 Å². The van der Waals surface area contributed by atoms with Crippen molar-refractivity contribution in [3.63, 3.8) is 0 Å². The van der Waals surface area contributed by atoms with E-state index in [2.05, 4.69) is 34.4 Å². The fraction of sp³-hybridized carbons (Fsp3) is 0.444. The van der Waals surface area contributed by atoms with Crippen LogP contribution in [0.5, 0.6) is 5.75 Å². The van der Waals surface area contributed by atoms with Crippen molar-refractivity contribution in [2.24, 2.45) is 5.92 Å². The second kappa shape index (κ2) is 7.64. The number of aryl methyl sites for hydroxylation is 1. The standard InChI is InChI=1S/C18H25N3O2/c1-13-3-8-17(23-13)18-15(12-20-21-18)11-19-10-9-14-4-6-16(22-2)7-5-14/h3-8,15,18-21H,9-12H2,1-2H3. The molecule has 0 bridgehead atoms. The molecule has 2 aromatic rings. The molecule has 1 aromatic heterocycles. The fourth-order valence-corrected chi connectivity index (χ4v) is 2.96. The molecule has 0 spiro atoms. The smallest absolute Gasteiger partial charge is 0.122 e. The van der Waals surface area contributed by atoms with Crippen molar-refractivity contribution in [3.05, 3.63) is 53.5 Å². The third-order valence-electron chi connectivity index (χ3n) is 4.32. The number of rotatable bonds is 7. The molecular formula is C18H25N3O2. The van der Waals surface area contributed by atoms with Crippen LogP contribution in [0.1, 0.15) is 23.1 Å². The Morgan fingerprint density at radius 2 is 2.04 bits per heavy atom. The van der Waals surface area contributed by atoms with Gasteiger partial charge in [-0.3, -0.25) is 5.43 Å². The second-order valence-electron chi connectivity index (χ2n) is 6.01. The van der Waals surface area contributed by atoms with Crippen LogP contribution in [0.4, 0.5) is 0 Å². The first-order chi connectivity index (χ1) is 11.3. The van der Waals surface area contributed by atoms with E-state index in [9.17, 15) is 0 Å². The van der Waals surface area contributed by atoms with Gasteiger partial charge < -0.3 is 14.5 Å². The summed E-state index contributed by atoms with van der Waals surface area (Å²) in [5.41, 5.74) is 7.87. The molecule has 5 nitrogen and oxygen atoms in total. The van der Waals surface area contributed by atoms with Gasteiger partial charge in [0.1, 0.15) is 17.3 Å². The van der Waals surface area contributed by atoms with Gasteiger partial charge >= 0.3 is 0 Å². The summed E-state index contributed by atoms with van der Waals surface area (Å²) in [5, 5.41) is 3.56. The van der Waals surface area contributed by atoms with Crippen LogP contribution in [0.15, 0.2) is 40.8 Å². The first kappa shape index (κ1) is 16.1. The third-order valence-corrected chi connectivity index (χ3v) is 4.32. The van der Waals surface area contributed by atoms with Crippen molar-refractivity contribution in [1.82, 2.24) is 16.2 Å². The summed E-state index contributed by atoms with van der Waals surface area (Å²) in [6, 6.07) is 12.6. The average Bonchev–Trinajstić information content (AvgIpc) is 3.20. The minimum atomic E-state index is 0.234. The summed E-state index contributed by atoms with van der Waals surface area (Å²) in [4.78, 5) is 0. The molecule has 1 fully saturated rings. The molecule has 5 heteroatoms. The van der Waals surface area contributed by atoms with Gasteiger partial charge in [0, 0.05) is 19.0 Å². The lowest BCUT2D eigenvalue weighted by Crippen LogP contribution is -2.29. The van der Waals surface area contributed by atoms with Crippen LogP contribution in [-0.2, 0) is 6.42 Å². The summed E-state index contributed by atoms with van der Waals surface area (Å²) < 4.78 is 10.9. The van der Waals surface area contributed by atoms with E-state index in [1.807, 2.05) is 25.1 Å². The molecule has 3 N–H and O–H groups in total. The summed E-state index contributed by atoms with van der Waals surface area (Å²) in [5.74, 6) is 3.35. The predicted molar refractivity (Wildman–Crippen MR) is 90.4 cm³/mol. The number of furan rings is 1. The number of benzene rings is 1. The van der Waals surface area contributed by atoms with Gasteiger partial charge in [-0.2, -0.15) is 0 Å². The fourth-order valence-electron chi connectivity index (χ4n) is 2.96. The summed E-state index contributed by atoms with van der Waals surface area (Å²) in [6.45, 7) is 4.85. The maximum Gasteiger partial charge on any atom is 0.122 e. The third kappa shape index (κ3) is 4.13. The van der Waals surface area contributed by atoms with Gasteiger partial charge in [-0.05, 0) is 49.7 Å². The zero-order valence-corrected chi connectivity index (χ0v) is 13.8. The molecule has 0 radical (unpaired) electrons. The molecule has 1 aliphatic rings. The van der Waals surface area contributed by atoms with E-state index in [1.54, 1.807) is 7.11 Å². The molecule has 2 heterocycles. The number of ether oxygens (including phenoxy) is 1. The predicted octanol–water partition coefficient (Wildman–Crippen LogP) is 2.19. The Kier molecular flexibility index (Phi) is 5.33. The van der Waals surface area contributed by atoms with E-state index in [0.29, 0.717) is 5.92 Å². The minimum absolute atomic E-state index is 0.234. The normalized spacial score (nSPS) is 20.8. The maximum absolute atomic E-state index is 5.75. The minimum Gasteiger partial charge on any atom is -0.497 e. The SMILES string of the molecule is COc1ccc(CCNCC2CNNC2c2ccc(C)o2)cc1. The van der Waals surface area contributed by atoms with E-state index in [-0.39, 0.29) is 6.04 Å². The van der Waals surface area contributed by atoms with Crippen LogP contribution >= 0.6 is 0 Å². The highest BCUT2D eigenvalue weighted by Gasteiger charge is 2.29. The lowest BCUT2D eigenvalue weighted by molar-refractivity contribution is 0.361. The summed E-state index contributed by atoms with van der Waals surface area (Å²) in [6.07, 6.45) is 1.02. The highest BCUT2D eigenvalue weighted by molar-refractivity contribution is 5.27. The van der Waals surface area contributed by atoms with E-state index in [1.165, 1.54) is 5.56 Å². The average molecular weight is 315 g/mol. The molecule has 23 heavy (non-hydrogen) atoms. The van der Waals surface area contributed by atoms with Crippen LogP contribution in [0, 0.1) is 12.8 Å². The van der Waals surface area contributed by atoms with E-state index < -0.39 is 0 Å². The summed E-state index contributed by atoms with van der Waals surface area (Å²) >= 11 is 0. The van der Waals surface area contributed by atoms with E-state index in [0.717, 1.165) is 43.3 Å². The molecule has 0 saturated carbocycles. The lowest BCUT2D eigenvalue weighted by atomic mass is 10.00. The van der Waals surface area contributed by atoms with Crippen LogP contribution in [-0.4, -0.2) is 26.7 Å². The molecule has 1 aliphatic heterocycles. The molecule has 1 aromatic carbocycles. The zero-order chi connectivity index (χ0) is 16.1. The Morgan fingerprint density at radius 3 is 2.74 bits per heavy atom. The lowest BCUT2D eigenvalue weighted by Gasteiger charge is -2.17. The first-order valence-corrected chi connectivity index (χ1v) is 8.14. The second-order valence-corrected chi connectivity index (χ2v) is 6.01. The number of hydrogen-bond acceptors (Lipinski definition) is 5. The number of hydrazine groups is 1. The monoisotopic (exact) mass is 315 g/mol. The van der Waals surface area contributed by atoms with Crippen LogP contribution in [0.25, 0.3) is 0 Å². The highest BCUT2D eigenvalue weighted by Crippen LogP contribution is 2.25. The maximum atomic E-state index is 5.75. The van der Waals surface area contributed by atoms with Gasteiger partial charge in [-0.15, -0.1) is 0 Å². The Bertz CT molecular complexity index is 609. The first-order valence-electron chi connectivity index (χ1n) is 8.14. The van der Waals surface area contributed by atoms with Gasteiger partial charge in [0.25, 0.3) is 0 Å². The largest absolute Gasteiger partial charge is 0.497 e. The van der Waals surface area contributed by atoms with Gasteiger partial charge in [0.15, 0.2) is 0 Å². The van der Waals surface area contributed by atoms with Gasteiger partial charge in [-0.1, -0.05) is 12.1 Å². The van der Waals surface area contributed by atoms with Crippen molar-refractivity contribution in [2.75, 3.05) is 26.7 Å². The van der Waals surface area contributed by atoms with Crippen molar-refractivity contribution >= 4 is 0 Å². The number of methoxy groups -OCH3 is 1. The topological polar surface area (TPSA) is 58.5 Å². The molecule has 2 atom stereocenters. The Hall–Kier alpha value is -1.82. The van der Waals surface area contributed by atoms with Crippen LogP contribution in [0.3, 0.4) is 0 Å². The Labute approximate surface area is 137 Å². The van der Waals surface area contributed by atoms with E-state index >= 15 is 0 Å². The van der Waals surface area contributed by atoms with Crippen molar-refractivity contribution in [3.8, 4) is 5.75 Å². The molecule has 2 unspecified atom stereocenters. The van der Waals surface area contributed by atoms with Gasteiger partial charge in [0.05, 0.1) is 13.2 Å². The van der Waals surface area contributed by atoms with Gasteiger partial charge in [0.2, 0.25) is 0 Å². The molecule has 0 amide bonds. The van der Waals surface area contributed by atoms with Gasteiger partial charge in [-0.25, -0.2) is 5.43 Å². The summed E-state index contributed by atoms with van der Waals surface area (Å²) in [7, 11) is 1.69. The number of hydrogen-bond donors (Lipinski definition) is 3. The molecule has 3 rings (SSSR count). The molecule has 0 aliphatic carbocycles. The molecule has 124 valence electrons. The molecular weight excluding hydrogens is 290 g/mol. The van der Waals surface area contributed by atoms with Crippen LogP contribution in [0.2, 0.25) is 0 Å². The van der Waals surface area contributed by atoms with Crippen molar-refractivity contribution < 1.29 is 9.15 Å². The number of nitrogens with one attached hydrogen (secondary N) is 3. The Balaban J connectivity index is 1.44.